The number of amides is 3. The zero-order valence-corrected chi connectivity index (χ0v) is 15.6. The van der Waals surface area contributed by atoms with Gasteiger partial charge in [0.2, 0.25) is 0 Å². The number of urea groups is 1. The molecular weight excluding hydrogens is 359 g/mol. The van der Waals surface area contributed by atoms with Gasteiger partial charge in [0, 0.05) is 23.6 Å². The van der Waals surface area contributed by atoms with Crippen molar-refractivity contribution in [3.05, 3.63) is 82.9 Å². The predicted octanol–water partition coefficient (Wildman–Crippen LogP) is 3.65. The first-order valence-corrected chi connectivity index (χ1v) is 8.74. The summed E-state index contributed by atoms with van der Waals surface area (Å²) in [4.78, 5) is 23.5. The zero-order chi connectivity index (χ0) is 20.3. The fourth-order valence-corrected chi connectivity index (χ4v) is 3.12. The lowest BCUT2D eigenvalue weighted by atomic mass is 10.2. The summed E-state index contributed by atoms with van der Waals surface area (Å²) in [6.07, 6.45) is 0. The largest absolute Gasteiger partial charge is 0.351 e. The number of aromatic nitrogens is 1. The normalized spacial score (nSPS) is 10.5. The molecule has 0 aliphatic carbocycles. The summed E-state index contributed by atoms with van der Waals surface area (Å²) in [5.74, 6) is -0.587. The Kier molecular flexibility index (Phi) is 5.44. The molecule has 6 nitrogen and oxygen atoms in total. The predicted molar refractivity (Wildman–Crippen MR) is 106 cm³/mol. The molecule has 144 valence electrons. The van der Waals surface area contributed by atoms with Crippen molar-refractivity contribution in [2.24, 2.45) is 5.73 Å². The Morgan fingerprint density at radius 2 is 1.75 bits per heavy atom. The number of nitrogens with zero attached hydrogens (tertiary/aromatic N) is 1. The molecule has 0 saturated heterocycles. The summed E-state index contributed by atoms with van der Waals surface area (Å²) < 4.78 is 15.9. The van der Waals surface area contributed by atoms with Crippen LogP contribution in [0.3, 0.4) is 0 Å². The third-order valence-corrected chi connectivity index (χ3v) is 4.44. The van der Waals surface area contributed by atoms with E-state index in [1.54, 1.807) is 60.0 Å². The molecule has 0 saturated carbocycles. The first kappa shape index (κ1) is 19.2. The van der Waals surface area contributed by atoms with Gasteiger partial charge in [0.05, 0.1) is 11.3 Å². The number of hydrogen-bond donors (Lipinski definition) is 3. The van der Waals surface area contributed by atoms with Gasteiger partial charge in [-0.25, -0.2) is 9.18 Å². The Morgan fingerprint density at radius 1 is 1.07 bits per heavy atom. The Balaban J connectivity index is 1.74. The molecular formula is C21H21FN4O2. The van der Waals surface area contributed by atoms with Crippen LogP contribution < -0.4 is 16.4 Å². The second kappa shape index (κ2) is 7.96. The Labute approximate surface area is 162 Å². The van der Waals surface area contributed by atoms with Gasteiger partial charge in [-0.1, -0.05) is 24.3 Å². The first-order valence-electron chi connectivity index (χ1n) is 8.74. The topological polar surface area (TPSA) is 89.2 Å². The molecule has 7 heteroatoms. The summed E-state index contributed by atoms with van der Waals surface area (Å²) in [5, 5.41) is 5.34. The second-order valence-electron chi connectivity index (χ2n) is 6.44. The van der Waals surface area contributed by atoms with Gasteiger partial charge in [-0.15, -0.1) is 0 Å². The minimum absolute atomic E-state index is 0.241. The van der Waals surface area contributed by atoms with Gasteiger partial charge < -0.3 is 20.9 Å². The van der Waals surface area contributed by atoms with Crippen LogP contribution in [0.15, 0.2) is 54.6 Å². The molecule has 3 rings (SSSR count). The van der Waals surface area contributed by atoms with E-state index in [-0.39, 0.29) is 11.7 Å². The van der Waals surface area contributed by atoms with Crippen molar-refractivity contribution in [3.63, 3.8) is 0 Å². The fourth-order valence-electron chi connectivity index (χ4n) is 3.12. The van der Waals surface area contributed by atoms with E-state index in [1.807, 2.05) is 6.92 Å². The van der Waals surface area contributed by atoms with Crippen LogP contribution in [0.5, 0.6) is 0 Å². The minimum atomic E-state index is -0.633. The maximum Gasteiger partial charge on any atom is 0.316 e. The maximum absolute atomic E-state index is 14.2. The molecule has 0 bridgehead atoms. The number of carbonyl (C=O) groups excluding carboxylic acids is 2. The van der Waals surface area contributed by atoms with E-state index in [2.05, 4.69) is 10.6 Å². The number of halogens is 1. The highest BCUT2D eigenvalue weighted by molar-refractivity contribution is 5.96. The monoisotopic (exact) mass is 380 g/mol. The molecule has 2 aromatic carbocycles. The van der Waals surface area contributed by atoms with Gasteiger partial charge in [0.1, 0.15) is 5.82 Å². The first-order chi connectivity index (χ1) is 13.4. The van der Waals surface area contributed by atoms with Crippen molar-refractivity contribution in [3.8, 4) is 5.69 Å². The van der Waals surface area contributed by atoms with Crippen LogP contribution >= 0.6 is 0 Å². The third-order valence-electron chi connectivity index (χ3n) is 4.44. The molecule has 28 heavy (non-hydrogen) atoms. The average Bonchev–Trinajstić information content (AvgIpc) is 2.95. The smallest absolute Gasteiger partial charge is 0.316 e. The van der Waals surface area contributed by atoms with Gasteiger partial charge in [0.25, 0.3) is 5.91 Å². The molecule has 0 aliphatic rings. The van der Waals surface area contributed by atoms with Crippen molar-refractivity contribution in [1.82, 2.24) is 9.88 Å². The number of hydrogen-bond acceptors (Lipinski definition) is 2. The SMILES string of the molecule is Cc1cc(C(=O)NCc2ccc(NC(N)=O)cc2)c(C)n1-c1ccccc1F. The summed E-state index contributed by atoms with van der Waals surface area (Å²) in [6, 6.07) is 14.6. The summed E-state index contributed by atoms with van der Waals surface area (Å²) >= 11 is 0. The van der Waals surface area contributed by atoms with Gasteiger partial charge >= 0.3 is 6.03 Å². The lowest BCUT2D eigenvalue weighted by Crippen LogP contribution is -2.23. The number of primary amides is 1. The fraction of sp³-hybridized carbons (Fsp3) is 0.143. The third kappa shape index (κ3) is 4.03. The van der Waals surface area contributed by atoms with E-state index in [9.17, 15) is 14.0 Å². The molecule has 0 radical (unpaired) electrons. The van der Waals surface area contributed by atoms with Crippen LogP contribution in [0, 0.1) is 19.7 Å². The van der Waals surface area contributed by atoms with Crippen molar-refractivity contribution in [1.29, 1.82) is 0 Å². The van der Waals surface area contributed by atoms with E-state index in [4.69, 9.17) is 5.73 Å². The van der Waals surface area contributed by atoms with Gasteiger partial charge in [-0.3, -0.25) is 4.79 Å². The number of carbonyl (C=O) groups is 2. The number of para-hydroxylation sites is 1. The highest BCUT2D eigenvalue weighted by atomic mass is 19.1. The minimum Gasteiger partial charge on any atom is -0.351 e. The van der Waals surface area contributed by atoms with Gasteiger partial charge in [-0.2, -0.15) is 0 Å². The molecule has 4 N–H and O–H groups in total. The van der Waals surface area contributed by atoms with Crippen LogP contribution in [0.2, 0.25) is 0 Å². The van der Waals surface area contributed by atoms with Crippen molar-refractivity contribution < 1.29 is 14.0 Å². The van der Waals surface area contributed by atoms with Gasteiger partial charge in [-0.05, 0) is 49.7 Å². The highest BCUT2D eigenvalue weighted by Crippen LogP contribution is 2.23. The van der Waals surface area contributed by atoms with E-state index in [0.717, 1.165) is 11.3 Å². The van der Waals surface area contributed by atoms with Crippen molar-refractivity contribution in [2.45, 2.75) is 20.4 Å². The molecule has 1 aromatic heterocycles. The standard InChI is InChI=1S/C21H21FN4O2/c1-13-11-17(14(2)26(13)19-6-4-3-5-18(19)22)20(27)24-12-15-7-9-16(10-8-15)25-21(23)28/h3-11H,12H2,1-2H3,(H,24,27)(H3,23,25,28). The lowest BCUT2D eigenvalue weighted by molar-refractivity contribution is 0.0950. The zero-order valence-electron chi connectivity index (χ0n) is 15.6. The van der Waals surface area contributed by atoms with Crippen LogP contribution in [0.4, 0.5) is 14.9 Å². The maximum atomic E-state index is 14.2. The van der Waals surface area contributed by atoms with Crippen LogP contribution in [-0.4, -0.2) is 16.5 Å². The molecule has 0 fully saturated rings. The highest BCUT2D eigenvalue weighted by Gasteiger charge is 2.18. The van der Waals surface area contributed by atoms with Gasteiger partial charge in [0.15, 0.2) is 0 Å². The number of rotatable bonds is 5. The van der Waals surface area contributed by atoms with E-state index in [1.165, 1.54) is 6.07 Å². The van der Waals surface area contributed by atoms with E-state index < -0.39 is 6.03 Å². The van der Waals surface area contributed by atoms with E-state index >= 15 is 0 Å². The average molecular weight is 380 g/mol. The van der Waals surface area contributed by atoms with Crippen LogP contribution in [0.25, 0.3) is 5.69 Å². The van der Waals surface area contributed by atoms with Crippen LogP contribution in [0.1, 0.15) is 27.3 Å². The molecule has 3 amide bonds. The summed E-state index contributed by atoms with van der Waals surface area (Å²) in [7, 11) is 0. The number of aryl methyl sites for hydroxylation is 1. The quantitative estimate of drug-likeness (QED) is 0.631. The number of benzene rings is 2. The van der Waals surface area contributed by atoms with Crippen molar-refractivity contribution >= 4 is 17.6 Å². The summed E-state index contributed by atoms with van der Waals surface area (Å²) in [5.41, 5.74) is 8.86. The Morgan fingerprint density at radius 3 is 2.39 bits per heavy atom. The summed E-state index contributed by atoms with van der Waals surface area (Å²) in [6.45, 7) is 3.94. The second-order valence-corrected chi connectivity index (χ2v) is 6.44. The van der Waals surface area contributed by atoms with Crippen molar-refractivity contribution in [2.75, 3.05) is 5.32 Å². The molecule has 3 aromatic rings. The number of nitrogens with two attached hydrogens (primary N) is 1. The Bertz CT molecular complexity index is 1030. The Hall–Kier alpha value is -3.61. The van der Waals surface area contributed by atoms with Crippen LogP contribution in [-0.2, 0) is 6.54 Å². The molecule has 0 atom stereocenters. The number of anilines is 1. The number of nitrogens with one attached hydrogen (secondary N) is 2. The molecule has 0 aliphatic heterocycles. The lowest BCUT2D eigenvalue weighted by Gasteiger charge is -2.11. The van der Waals surface area contributed by atoms with E-state index in [0.29, 0.717) is 29.2 Å². The molecule has 1 heterocycles. The molecule has 0 spiro atoms. The molecule has 0 unspecified atom stereocenters.